The van der Waals surface area contributed by atoms with Crippen molar-refractivity contribution in [3.63, 3.8) is 0 Å². The van der Waals surface area contributed by atoms with Gasteiger partial charge in [-0.25, -0.2) is 0 Å². The van der Waals surface area contributed by atoms with E-state index in [-0.39, 0.29) is 30.1 Å². The van der Waals surface area contributed by atoms with Crippen LogP contribution in [0.1, 0.15) is 51.4 Å². The van der Waals surface area contributed by atoms with Gasteiger partial charge in [0.2, 0.25) is 11.8 Å². The van der Waals surface area contributed by atoms with Crippen molar-refractivity contribution < 1.29 is 9.59 Å². The highest BCUT2D eigenvalue weighted by Crippen LogP contribution is 2.23. The predicted molar refractivity (Wildman–Crippen MR) is 90.1 cm³/mol. The van der Waals surface area contributed by atoms with E-state index in [1.807, 2.05) is 11.9 Å². The number of carbonyl (C=O) groups is 2. The van der Waals surface area contributed by atoms with Gasteiger partial charge in [0.15, 0.2) is 0 Å². The van der Waals surface area contributed by atoms with E-state index in [0.717, 1.165) is 51.6 Å². The van der Waals surface area contributed by atoms with Crippen molar-refractivity contribution in [2.24, 2.45) is 5.92 Å². The van der Waals surface area contributed by atoms with Crippen molar-refractivity contribution >= 4 is 24.2 Å². The highest BCUT2D eigenvalue weighted by atomic mass is 35.5. The number of amides is 2. The molecule has 22 heavy (non-hydrogen) atoms. The average Bonchev–Trinajstić information content (AvgIpc) is 2.55. The largest absolute Gasteiger partial charge is 0.355 e. The van der Waals surface area contributed by atoms with Crippen LogP contribution in [0.25, 0.3) is 0 Å². The second-order valence-electron chi connectivity index (χ2n) is 6.34. The Morgan fingerprint density at radius 3 is 2.50 bits per heavy atom. The highest BCUT2D eigenvalue weighted by molar-refractivity contribution is 5.85. The Kier molecular flexibility index (Phi) is 8.79. The van der Waals surface area contributed by atoms with Gasteiger partial charge in [0.25, 0.3) is 0 Å². The number of halogens is 1. The lowest BCUT2D eigenvalue weighted by Crippen LogP contribution is -2.47. The number of carbonyl (C=O) groups excluding carboxylic acids is 2. The highest BCUT2D eigenvalue weighted by Gasteiger charge is 2.23. The number of nitrogens with one attached hydrogen (secondary N) is 2. The third-order valence-electron chi connectivity index (χ3n) is 4.80. The zero-order valence-electron chi connectivity index (χ0n) is 13.6. The van der Waals surface area contributed by atoms with E-state index >= 15 is 0 Å². The first-order chi connectivity index (χ1) is 10.2. The van der Waals surface area contributed by atoms with E-state index in [0.29, 0.717) is 19.0 Å². The molecule has 1 saturated heterocycles. The molecule has 1 saturated carbocycles. The number of hydrogen-bond acceptors (Lipinski definition) is 3. The predicted octanol–water partition coefficient (Wildman–Crippen LogP) is 1.71. The van der Waals surface area contributed by atoms with Crippen molar-refractivity contribution in [1.29, 1.82) is 0 Å². The lowest BCUT2D eigenvalue weighted by molar-refractivity contribution is -0.132. The fourth-order valence-electron chi connectivity index (χ4n) is 3.40. The number of nitrogens with zero attached hydrogens (tertiary/aromatic N) is 1. The average molecular weight is 332 g/mol. The quantitative estimate of drug-likeness (QED) is 0.806. The van der Waals surface area contributed by atoms with Crippen LogP contribution in [0.4, 0.5) is 0 Å². The van der Waals surface area contributed by atoms with Crippen LogP contribution >= 0.6 is 12.4 Å². The maximum absolute atomic E-state index is 12.2. The molecule has 1 atom stereocenters. The summed E-state index contributed by atoms with van der Waals surface area (Å²) in [5, 5.41) is 6.19. The summed E-state index contributed by atoms with van der Waals surface area (Å²) in [5.41, 5.74) is 0. The Morgan fingerprint density at radius 2 is 1.82 bits per heavy atom. The summed E-state index contributed by atoms with van der Waals surface area (Å²) in [4.78, 5) is 26.1. The molecule has 0 radical (unpaired) electrons. The minimum absolute atomic E-state index is 0. The molecule has 2 N–H and O–H groups in total. The van der Waals surface area contributed by atoms with Gasteiger partial charge in [-0.05, 0) is 32.7 Å². The Labute approximate surface area is 140 Å². The van der Waals surface area contributed by atoms with Crippen LogP contribution in [0.15, 0.2) is 0 Å². The molecule has 0 aromatic rings. The fourth-order valence-corrected chi connectivity index (χ4v) is 3.40. The second kappa shape index (κ2) is 10.1. The second-order valence-corrected chi connectivity index (χ2v) is 6.34. The van der Waals surface area contributed by atoms with Crippen LogP contribution in [0.2, 0.25) is 0 Å². The molecule has 0 aromatic carbocycles. The standard InChI is InChI=1S/C16H29N3O2.ClH/c1-17-14-8-5-11-19(12-14)15(20)9-10-18-16(21)13-6-3-2-4-7-13;/h13-14,17H,2-12H2,1H3,(H,18,21);1H. The summed E-state index contributed by atoms with van der Waals surface area (Å²) >= 11 is 0. The van der Waals surface area contributed by atoms with Crippen molar-refractivity contribution in [2.45, 2.75) is 57.4 Å². The monoisotopic (exact) mass is 331 g/mol. The molecule has 0 aromatic heterocycles. The minimum Gasteiger partial charge on any atom is -0.355 e. The molecule has 0 spiro atoms. The molecule has 1 unspecified atom stereocenters. The lowest BCUT2D eigenvalue weighted by Gasteiger charge is -2.32. The van der Waals surface area contributed by atoms with Gasteiger partial charge in [-0.3, -0.25) is 9.59 Å². The van der Waals surface area contributed by atoms with Gasteiger partial charge < -0.3 is 15.5 Å². The van der Waals surface area contributed by atoms with Crippen molar-refractivity contribution in [3.05, 3.63) is 0 Å². The van der Waals surface area contributed by atoms with Crippen LogP contribution in [-0.4, -0.2) is 49.4 Å². The van der Waals surface area contributed by atoms with Crippen LogP contribution in [0.3, 0.4) is 0 Å². The normalized spacial score (nSPS) is 22.8. The van der Waals surface area contributed by atoms with E-state index in [2.05, 4.69) is 10.6 Å². The Hall–Kier alpha value is -0.810. The molecular formula is C16H30ClN3O2. The molecule has 2 rings (SSSR count). The molecule has 2 fully saturated rings. The first kappa shape index (κ1) is 19.2. The molecule has 0 bridgehead atoms. The summed E-state index contributed by atoms with van der Waals surface area (Å²) in [6.07, 6.45) is 8.22. The number of hydrogen-bond donors (Lipinski definition) is 2. The molecule has 128 valence electrons. The lowest BCUT2D eigenvalue weighted by atomic mass is 9.89. The fraction of sp³-hybridized carbons (Fsp3) is 0.875. The zero-order valence-corrected chi connectivity index (χ0v) is 14.4. The molecule has 5 nitrogen and oxygen atoms in total. The third-order valence-corrected chi connectivity index (χ3v) is 4.80. The van der Waals surface area contributed by atoms with Gasteiger partial charge in [-0.15, -0.1) is 12.4 Å². The minimum atomic E-state index is 0. The van der Waals surface area contributed by atoms with Gasteiger partial charge in [0, 0.05) is 38.0 Å². The van der Waals surface area contributed by atoms with Crippen LogP contribution < -0.4 is 10.6 Å². The number of rotatable bonds is 5. The Balaban J connectivity index is 0.00000242. The van der Waals surface area contributed by atoms with E-state index in [9.17, 15) is 9.59 Å². The van der Waals surface area contributed by atoms with Crippen LogP contribution in [-0.2, 0) is 9.59 Å². The molecular weight excluding hydrogens is 302 g/mol. The van der Waals surface area contributed by atoms with E-state index < -0.39 is 0 Å². The third kappa shape index (κ3) is 5.76. The van der Waals surface area contributed by atoms with Crippen molar-refractivity contribution in [3.8, 4) is 0 Å². The SMILES string of the molecule is CNC1CCCN(C(=O)CCNC(=O)C2CCCCC2)C1.Cl. The van der Waals surface area contributed by atoms with Crippen LogP contribution in [0.5, 0.6) is 0 Å². The number of likely N-dealkylation sites (N-methyl/N-ethyl adjacent to an activating group) is 1. The number of piperidine rings is 1. The Bertz CT molecular complexity index is 359. The summed E-state index contributed by atoms with van der Waals surface area (Å²) in [7, 11) is 1.95. The van der Waals surface area contributed by atoms with Gasteiger partial charge >= 0.3 is 0 Å². The number of likely N-dealkylation sites (tertiary alicyclic amines) is 1. The molecule has 1 aliphatic heterocycles. The summed E-state index contributed by atoms with van der Waals surface area (Å²) in [6, 6.07) is 0.416. The Morgan fingerprint density at radius 1 is 1.09 bits per heavy atom. The first-order valence-corrected chi connectivity index (χ1v) is 8.43. The van der Waals surface area contributed by atoms with E-state index in [1.54, 1.807) is 0 Å². The summed E-state index contributed by atoms with van der Waals surface area (Å²) in [6.45, 7) is 2.13. The zero-order chi connectivity index (χ0) is 15.1. The molecule has 1 heterocycles. The van der Waals surface area contributed by atoms with Gasteiger partial charge in [0.05, 0.1) is 0 Å². The smallest absolute Gasteiger partial charge is 0.224 e. The first-order valence-electron chi connectivity index (χ1n) is 8.43. The van der Waals surface area contributed by atoms with Crippen molar-refractivity contribution in [2.75, 3.05) is 26.7 Å². The van der Waals surface area contributed by atoms with Crippen LogP contribution in [0, 0.1) is 5.92 Å². The van der Waals surface area contributed by atoms with Crippen molar-refractivity contribution in [1.82, 2.24) is 15.5 Å². The summed E-state index contributed by atoms with van der Waals surface area (Å²) in [5.74, 6) is 0.491. The van der Waals surface area contributed by atoms with E-state index in [1.165, 1.54) is 6.42 Å². The summed E-state index contributed by atoms with van der Waals surface area (Å²) < 4.78 is 0. The molecule has 2 amide bonds. The maximum Gasteiger partial charge on any atom is 0.224 e. The molecule has 1 aliphatic carbocycles. The van der Waals surface area contributed by atoms with Gasteiger partial charge in [-0.1, -0.05) is 19.3 Å². The molecule has 2 aliphatic rings. The topological polar surface area (TPSA) is 61.4 Å². The molecule has 6 heteroatoms. The maximum atomic E-state index is 12.2. The van der Waals surface area contributed by atoms with Gasteiger partial charge in [-0.2, -0.15) is 0 Å². The van der Waals surface area contributed by atoms with Gasteiger partial charge in [0.1, 0.15) is 0 Å². The van der Waals surface area contributed by atoms with E-state index in [4.69, 9.17) is 0 Å².